The normalized spacial score (nSPS) is 10.2. The lowest BCUT2D eigenvalue weighted by atomic mass is 10.7. The van der Waals surface area contributed by atoms with Crippen LogP contribution in [0.25, 0.3) is 0 Å². The van der Waals surface area contributed by atoms with Gasteiger partial charge in [-0.2, -0.15) is 5.26 Å². The minimum atomic E-state index is -4.64. The molecule has 5 nitrogen and oxygen atoms in total. The highest BCUT2D eigenvalue weighted by Gasteiger charge is 2.00. The van der Waals surface area contributed by atoms with Crippen molar-refractivity contribution in [2.24, 2.45) is 0 Å². The van der Waals surface area contributed by atoms with E-state index in [9.17, 15) is 0 Å². The van der Waals surface area contributed by atoms with Crippen LogP contribution in [0.2, 0.25) is 0 Å². The Hall–Kier alpha value is 0.390. The van der Waals surface area contributed by atoms with Crippen LogP contribution in [0.4, 0.5) is 0 Å². The largest absolute Gasteiger partial charge is 0.466 e. The van der Waals surface area contributed by atoms with Crippen molar-refractivity contribution in [2.45, 2.75) is 0 Å². The van der Waals surface area contributed by atoms with E-state index in [0.717, 1.165) is 0 Å². The highest BCUT2D eigenvalue weighted by Crippen LogP contribution is 2.26. The minimum absolute atomic E-state index is 1.31. The van der Waals surface area contributed by atoms with Gasteiger partial charge in [0.05, 0.1) is 6.07 Å². The molecule has 0 rings (SSSR count). The molecule has 0 amide bonds. The summed E-state index contributed by atoms with van der Waals surface area (Å²) in [6.07, 6.45) is 1.41. The second-order valence-corrected chi connectivity index (χ2v) is 5.12. The van der Waals surface area contributed by atoms with Crippen LogP contribution >= 0.6 is 40.1 Å². The molecule has 3 N–H and O–H groups in total. The molecule has 0 saturated heterocycles. The number of rotatable bonds is 2. The number of thiol groups is 1. The topological polar surface area (TPSA) is 102 Å². The molecule has 0 radical (unpaired) electrons. The number of hydrogen-bond acceptors (Lipinski definition) is 5. The summed E-state index contributed by atoms with van der Waals surface area (Å²) < 4.78 is 8.88. The van der Waals surface area contributed by atoms with Crippen LogP contribution in [0.1, 0.15) is 0 Å². The maximum atomic E-state index is 8.88. The van der Waals surface area contributed by atoms with Gasteiger partial charge in [-0.1, -0.05) is 22.5 Å². The smallest absolute Gasteiger partial charge is 0.303 e. The van der Waals surface area contributed by atoms with E-state index in [2.05, 4.69) is 11.7 Å². The van der Waals surface area contributed by atoms with Gasteiger partial charge in [0.1, 0.15) is 0 Å². The molecule has 0 aromatic heterocycles. The van der Waals surface area contributed by atoms with Crippen molar-refractivity contribution in [3.05, 3.63) is 11.5 Å². The van der Waals surface area contributed by atoms with Gasteiger partial charge in [-0.15, -0.1) is 0 Å². The molecule has 0 aromatic rings. The zero-order valence-electron chi connectivity index (χ0n) is 5.56. The maximum Gasteiger partial charge on any atom is 0.466 e. The van der Waals surface area contributed by atoms with Crippen molar-refractivity contribution in [2.75, 3.05) is 0 Å². The van der Waals surface area contributed by atoms with Crippen molar-refractivity contribution in [3.63, 3.8) is 0 Å². The van der Waals surface area contributed by atoms with Crippen molar-refractivity contribution in [1.82, 2.24) is 0 Å². The SMILES string of the molecule is N#CC=CSSS.O=P(O)(O)O. The third kappa shape index (κ3) is 47.5. The first-order valence-electron chi connectivity index (χ1n) is 2.21. The Morgan fingerprint density at radius 2 is 1.92 bits per heavy atom. The standard InChI is InChI=1S/C3H3NS3.H3O4P/c4-2-1-3-6-7-5;1-5(2,3)4/h1,3,5H;(H3,1,2,3,4). The van der Waals surface area contributed by atoms with Gasteiger partial charge in [0.15, 0.2) is 0 Å². The summed E-state index contributed by atoms with van der Waals surface area (Å²) in [6, 6.07) is 1.85. The zero-order valence-corrected chi connectivity index (χ0v) is 8.98. The molecule has 0 aromatic carbocycles. The number of nitriles is 1. The van der Waals surface area contributed by atoms with E-state index < -0.39 is 7.82 Å². The third-order valence-corrected chi connectivity index (χ3v) is 1.94. The summed E-state index contributed by atoms with van der Waals surface area (Å²) in [6.45, 7) is 0. The second-order valence-electron chi connectivity index (χ2n) is 1.12. The number of allylic oxidation sites excluding steroid dienone is 1. The van der Waals surface area contributed by atoms with Gasteiger partial charge >= 0.3 is 7.82 Å². The van der Waals surface area contributed by atoms with E-state index in [4.69, 9.17) is 24.5 Å². The van der Waals surface area contributed by atoms with E-state index in [1.54, 1.807) is 5.41 Å². The fourth-order valence-electron chi connectivity index (χ4n) is 0.0831. The monoisotopic (exact) mass is 247 g/mol. The van der Waals surface area contributed by atoms with Gasteiger partial charge in [-0.05, 0) is 15.2 Å². The zero-order chi connectivity index (χ0) is 10.0. The molecule has 0 aliphatic rings. The van der Waals surface area contributed by atoms with E-state index in [1.165, 1.54) is 26.7 Å². The molecule has 12 heavy (non-hydrogen) atoms. The summed E-state index contributed by atoms with van der Waals surface area (Å²) in [5.74, 6) is 0. The van der Waals surface area contributed by atoms with E-state index >= 15 is 0 Å². The molecule has 0 unspecified atom stereocenters. The molecule has 0 saturated carbocycles. The molecule has 0 fully saturated rings. The molecule has 0 aliphatic heterocycles. The second kappa shape index (κ2) is 9.48. The Kier molecular flexibility index (Phi) is 11.8. The predicted molar refractivity (Wildman–Crippen MR) is 53.2 cm³/mol. The van der Waals surface area contributed by atoms with Crippen LogP contribution in [-0.2, 0) is 4.57 Å². The number of nitrogens with zero attached hydrogens (tertiary/aromatic N) is 1. The molecule has 70 valence electrons. The molecule has 0 spiro atoms. The Bertz CT molecular complexity index is 200. The van der Waals surface area contributed by atoms with Crippen LogP contribution in [0.15, 0.2) is 11.5 Å². The minimum Gasteiger partial charge on any atom is -0.303 e. The molecular weight excluding hydrogens is 241 g/mol. The Morgan fingerprint density at radius 3 is 2.17 bits per heavy atom. The first-order valence-corrected chi connectivity index (χ1v) is 7.04. The lowest BCUT2D eigenvalue weighted by Crippen LogP contribution is -1.66. The first kappa shape index (κ1) is 14.9. The molecule has 0 aliphatic carbocycles. The van der Waals surface area contributed by atoms with E-state index in [1.807, 2.05) is 6.07 Å². The highest BCUT2D eigenvalue weighted by atomic mass is 33.5. The lowest BCUT2D eigenvalue weighted by Gasteiger charge is -1.82. The van der Waals surface area contributed by atoms with Crippen LogP contribution < -0.4 is 0 Å². The Morgan fingerprint density at radius 1 is 1.50 bits per heavy atom. The fraction of sp³-hybridized carbons (Fsp3) is 0. The fourth-order valence-corrected chi connectivity index (χ4v) is 1.01. The van der Waals surface area contributed by atoms with Crippen LogP contribution in [0, 0.1) is 11.3 Å². The lowest BCUT2D eigenvalue weighted by molar-refractivity contribution is 0.275. The molecular formula is C3H6NO4PS3. The van der Waals surface area contributed by atoms with Gasteiger partial charge in [-0.3, -0.25) is 0 Å². The van der Waals surface area contributed by atoms with E-state index in [0.29, 0.717) is 0 Å². The van der Waals surface area contributed by atoms with E-state index in [-0.39, 0.29) is 0 Å². The van der Waals surface area contributed by atoms with Crippen LogP contribution in [0.5, 0.6) is 0 Å². The summed E-state index contributed by atoms with van der Waals surface area (Å²) in [7, 11) is -1.91. The number of hydrogen-bond donors (Lipinski definition) is 4. The van der Waals surface area contributed by atoms with Crippen molar-refractivity contribution in [1.29, 1.82) is 5.26 Å². The van der Waals surface area contributed by atoms with Crippen LogP contribution in [0.3, 0.4) is 0 Å². The van der Waals surface area contributed by atoms with Gasteiger partial charge in [0.2, 0.25) is 0 Å². The van der Waals surface area contributed by atoms with Crippen molar-refractivity contribution in [3.8, 4) is 6.07 Å². The maximum absolute atomic E-state index is 8.88. The van der Waals surface area contributed by atoms with Crippen molar-refractivity contribution < 1.29 is 19.2 Å². The highest BCUT2D eigenvalue weighted by molar-refractivity contribution is 9.06. The molecule has 0 bridgehead atoms. The molecule has 0 atom stereocenters. The van der Waals surface area contributed by atoms with Gasteiger partial charge in [0.25, 0.3) is 0 Å². The third-order valence-electron chi connectivity index (χ3n) is 0.241. The van der Waals surface area contributed by atoms with Gasteiger partial charge in [-0.25, -0.2) is 4.57 Å². The summed E-state index contributed by atoms with van der Waals surface area (Å²) in [5, 5.41) is 9.59. The average molecular weight is 247 g/mol. The summed E-state index contributed by atoms with van der Waals surface area (Å²) in [4.78, 5) is 21.6. The predicted octanol–water partition coefficient (Wildman–Crippen LogP) is 1.32. The van der Waals surface area contributed by atoms with Gasteiger partial charge < -0.3 is 14.7 Å². The average Bonchev–Trinajstić information content (AvgIpc) is 1.85. The number of phosphoric acid groups is 1. The molecule has 9 heteroatoms. The van der Waals surface area contributed by atoms with Gasteiger partial charge in [0, 0.05) is 6.08 Å². The Balaban J connectivity index is 0. The summed E-state index contributed by atoms with van der Waals surface area (Å²) >= 11 is 3.81. The Labute approximate surface area is 82.3 Å². The van der Waals surface area contributed by atoms with Crippen molar-refractivity contribution >= 4 is 40.1 Å². The first-order chi connectivity index (χ1) is 5.41. The summed E-state index contributed by atoms with van der Waals surface area (Å²) in [5.41, 5.74) is 0. The van der Waals surface area contributed by atoms with Crippen LogP contribution in [-0.4, -0.2) is 14.7 Å². The molecule has 0 heterocycles. The quantitative estimate of drug-likeness (QED) is 0.252.